The number of fused-ring (bicyclic) bond motifs is 4. The van der Waals surface area contributed by atoms with E-state index in [-0.39, 0.29) is 40.6 Å². The number of ether oxygens (including phenoxy) is 1. The van der Waals surface area contributed by atoms with Crippen LogP contribution in [-0.4, -0.2) is 40.9 Å². The summed E-state index contributed by atoms with van der Waals surface area (Å²) in [6.07, 6.45) is -3.52. The number of hydrogen-bond acceptors (Lipinski definition) is 7. The van der Waals surface area contributed by atoms with E-state index in [9.17, 15) is 46.6 Å². The van der Waals surface area contributed by atoms with Crippen molar-refractivity contribution in [2.75, 3.05) is 9.80 Å². The quantitative estimate of drug-likeness (QED) is 0.0921. The number of hydrogen-bond donors (Lipinski definition) is 1. The Hall–Kier alpha value is -5.82. The molecule has 4 aromatic rings. The number of phenols is 1. The molecule has 14 heteroatoms. The summed E-state index contributed by atoms with van der Waals surface area (Å²) in [5.74, 6) is -10.1. The smallest absolute Gasteiger partial charge is 0.508 e. The first-order valence-corrected chi connectivity index (χ1v) is 17.7. The van der Waals surface area contributed by atoms with Crippen molar-refractivity contribution < 1.29 is 51.4 Å². The van der Waals surface area contributed by atoms with Gasteiger partial charge in [-0.15, -0.1) is 13.2 Å². The highest BCUT2D eigenvalue weighted by molar-refractivity contribution is 6.32. The highest BCUT2D eigenvalue weighted by Crippen LogP contribution is 2.64. The molecule has 2 heterocycles. The number of rotatable bonds is 6. The first-order chi connectivity index (χ1) is 26.1. The van der Waals surface area contributed by atoms with Crippen LogP contribution < -0.4 is 14.5 Å². The van der Waals surface area contributed by atoms with Crippen molar-refractivity contribution in [2.45, 2.75) is 32.0 Å². The summed E-state index contributed by atoms with van der Waals surface area (Å²) in [4.78, 5) is 72.4. The number of amides is 4. The fraction of sp³-hybridized carbons (Fsp3) is 0.244. The average molecular weight is 773 g/mol. The topological polar surface area (TPSA) is 121 Å². The standard InChI is InChI=1S/C41H29ClF4N2O7/c1-40-29(37(52)48(39(40)54)23-11-15-31(43)30(42)17-23)19-27-25(34(40)28-18-24(12-16-32(28)49)55-41(44,45)46)13-14-26-33(27)38(53)47(36(26)51)22-9-7-21(8-10-22)35(50)20-5-3-2-4-6-20/h2-13,15-18,26-27,29,33-34,49H,14,19H2,1H3/t26-,27+,29-,33-,34+,40+/m0/s1. The highest BCUT2D eigenvalue weighted by atomic mass is 35.5. The van der Waals surface area contributed by atoms with Crippen molar-refractivity contribution in [2.24, 2.45) is 29.1 Å². The van der Waals surface area contributed by atoms with Gasteiger partial charge in [0.05, 0.1) is 39.6 Å². The zero-order chi connectivity index (χ0) is 39.1. The van der Waals surface area contributed by atoms with Gasteiger partial charge in [-0.1, -0.05) is 53.6 Å². The number of allylic oxidation sites excluding steroid dienone is 2. The molecular formula is C41H29ClF4N2O7. The molecule has 9 nitrogen and oxygen atoms in total. The molecule has 0 bridgehead atoms. The Bertz CT molecular complexity index is 2350. The summed E-state index contributed by atoms with van der Waals surface area (Å²) in [6.45, 7) is 1.47. The van der Waals surface area contributed by atoms with Gasteiger partial charge in [-0.3, -0.25) is 28.9 Å². The van der Waals surface area contributed by atoms with E-state index in [1.165, 1.54) is 37.3 Å². The number of nitrogens with zero attached hydrogens (tertiary/aromatic N) is 2. The Kier molecular flexibility index (Phi) is 8.48. The van der Waals surface area contributed by atoms with Crippen molar-refractivity contribution in [1.82, 2.24) is 0 Å². The van der Waals surface area contributed by atoms with Gasteiger partial charge >= 0.3 is 6.36 Å². The lowest BCUT2D eigenvalue weighted by Crippen LogP contribution is -2.49. The molecular weight excluding hydrogens is 744 g/mol. The number of phenolic OH excluding ortho intramolecular Hbond substituents is 1. The summed E-state index contributed by atoms with van der Waals surface area (Å²) in [5.41, 5.74) is -0.547. The molecule has 0 unspecified atom stereocenters. The summed E-state index contributed by atoms with van der Waals surface area (Å²) in [7, 11) is 0. The number of anilines is 2. The number of ketones is 1. The molecule has 4 aliphatic rings. The molecule has 1 saturated carbocycles. The predicted molar refractivity (Wildman–Crippen MR) is 190 cm³/mol. The number of imide groups is 2. The Balaban J connectivity index is 1.21. The third-order valence-electron chi connectivity index (χ3n) is 11.4. The van der Waals surface area contributed by atoms with Crippen LogP contribution in [0.2, 0.25) is 5.02 Å². The van der Waals surface area contributed by atoms with E-state index in [1.807, 2.05) is 0 Å². The normalized spacial score (nSPS) is 26.1. The Morgan fingerprint density at radius 3 is 2.18 bits per heavy atom. The van der Waals surface area contributed by atoms with E-state index in [2.05, 4.69) is 4.74 Å². The van der Waals surface area contributed by atoms with Gasteiger partial charge in [0.25, 0.3) is 0 Å². The molecule has 2 saturated heterocycles. The maximum absolute atomic E-state index is 14.6. The van der Waals surface area contributed by atoms with E-state index in [0.29, 0.717) is 16.7 Å². The predicted octanol–water partition coefficient (Wildman–Crippen LogP) is 7.75. The molecule has 8 rings (SSSR count). The number of alkyl halides is 3. The van der Waals surface area contributed by atoms with Gasteiger partial charge in [-0.25, -0.2) is 9.29 Å². The Morgan fingerprint density at radius 1 is 0.836 bits per heavy atom. The van der Waals surface area contributed by atoms with Crippen LogP contribution in [0.5, 0.6) is 11.5 Å². The number of benzene rings is 4. The van der Waals surface area contributed by atoms with E-state index >= 15 is 0 Å². The number of carbonyl (C=O) groups is 5. The van der Waals surface area contributed by atoms with E-state index in [0.717, 1.165) is 40.1 Å². The monoisotopic (exact) mass is 772 g/mol. The van der Waals surface area contributed by atoms with Crippen LogP contribution in [0, 0.1) is 34.9 Å². The Labute approximate surface area is 315 Å². The van der Waals surface area contributed by atoms with E-state index < -0.39 is 82.3 Å². The minimum absolute atomic E-state index is 0.0122. The molecule has 4 aromatic carbocycles. The van der Waals surface area contributed by atoms with Gasteiger partial charge in [-0.2, -0.15) is 0 Å². The maximum Gasteiger partial charge on any atom is 0.573 e. The van der Waals surface area contributed by atoms with Crippen LogP contribution in [-0.2, 0) is 19.2 Å². The molecule has 4 amide bonds. The lowest BCUT2D eigenvalue weighted by Gasteiger charge is -2.49. The number of carbonyl (C=O) groups excluding carboxylic acids is 5. The van der Waals surface area contributed by atoms with Crippen LogP contribution >= 0.6 is 11.6 Å². The van der Waals surface area contributed by atoms with E-state index in [1.54, 1.807) is 36.4 Å². The molecule has 2 aliphatic heterocycles. The van der Waals surface area contributed by atoms with Gasteiger partial charge in [0.2, 0.25) is 23.6 Å². The third-order valence-corrected chi connectivity index (χ3v) is 11.7. The van der Waals surface area contributed by atoms with Crippen molar-refractivity contribution in [3.63, 3.8) is 0 Å². The summed E-state index contributed by atoms with van der Waals surface area (Å²) in [5, 5.41) is 10.9. The van der Waals surface area contributed by atoms with Crippen LogP contribution in [0.3, 0.4) is 0 Å². The SMILES string of the molecule is C[C@@]12C(=O)N(c3ccc(F)c(Cl)c3)C(=O)[C@@H]1C[C@@H]1C(=CC[C@@H]3C(=O)N(c4ccc(C(=O)c5ccccc5)cc4)C(=O)[C@@H]31)[C@@H]2c1cc(OC(F)(F)F)ccc1O. The molecule has 280 valence electrons. The third kappa shape index (κ3) is 5.71. The largest absolute Gasteiger partial charge is 0.573 e. The fourth-order valence-corrected chi connectivity index (χ4v) is 9.14. The summed E-state index contributed by atoms with van der Waals surface area (Å²) in [6, 6.07) is 20.7. The lowest BCUT2D eigenvalue weighted by atomic mass is 9.51. The van der Waals surface area contributed by atoms with Gasteiger partial charge < -0.3 is 9.84 Å². The zero-order valence-electron chi connectivity index (χ0n) is 28.7. The van der Waals surface area contributed by atoms with Crippen molar-refractivity contribution in [3.8, 4) is 11.5 Å². The second-order valence-electron chi connectivity index (χ2n) is 14.3. The number of halogens is 5. The van der Waals surface area contributed by atoms with Crippen molar-refractivity contribution in [3.05, 3.63) is 130 Å². The maximum atomic E-state index is 14.6. The fourth-order valence-electron chi connectivity index (χ4n) is 8.96. The van der Waals surface area contributed by atoms with Crippen molar-refractivity contribution >= 4 is 52.4 Å². The van der Waals surface area contributed by atoms with Crippen LogP contribution in [0.15, 0.2) is 103 Å². The first kappa shape index (κ1) is 36.2. The highest BCUT2D eigenvalue weighted by Gasteiger charge is 2.68. The van der Waals surface area contributed by atoms with Crippen LogP contribution in [0.4, 0.5) is 28.9 Å². The minimum Gasteiger partial charge on any atom is -0.508 e. The molecule has 1 N–H and O–H groups in total. The summed E-state index contributed by atoms with van der Waals surface area (Å²) < 4.78 is 58.6. The second-order valence-corrected chi connectivity index (χ2v) is 14.7. The van der Waals surface area contributed by atoms with Crippen LogP contribution in [0.1, 0.15) is 47.2 Å². The molecule has 2 aliphatic carbocycles. The van der Waals surface area contributed by atoms with Gasteiger partial charge in [0.1, 0.15) is 17.3 Å². The zero-order valence-corrected chi connectivity index (χ0v) is 29.5. The van der Waals surface area contributed by atoms with Crippen molar-refractivity contribution in [1.29, 1.82) is 0 Å². The molecule has 3 fully saturated rings. The van der Waals surface area contributed by atoms with Gasteiger partial charge in [-0.05, 0) is 86.3 Å². The van der Waals surface area contributed by atoms with E-state index in [4.69, 9.17) is 11.6 Å². The Morgan fingerprint density at radius 2 is 1.51 bits per heavy atom. The first-order valence-electron chi connectivity index (χ1n) is 17.3. The molecule has 6 atom stereocenters. The minimum atomic E-state index is -5.10. The van der Waals surface area contributed by atoms with Gasteiger partial charge in [0.15, 0.2) is 5.78 Å². The molecule has 0 radical (unpaired) electrons. The molecule has 55 heavy (non-hydrogen) atoms. The average Bonchev–Trinajstić information content (AvgIpc) is 3.52. The van der Waals surface area contributed by atoms with Gasteiger partial charge in [0, 0.05) is 22.6 Å². The molecule has 0 aromatic heterocycles. The summed E-state index contributed by atoms with van der Waals surface area (Å²) >= 11 is 6.03. The number of aromatic hydroxyl groups is 1. The van der Waals surface area contributed by atoms with Crippen LogP contribution in [0.25, 0.3) is 0 Å². The molecule has 0 spiro atoms. The second kappa shape index (κ2) is 12.9. The lowest BCUT2D eigenvalue weighted by molar-refractivity contribution is -0.274.